The molecule has 3 amide bonds. The Morgan fingerprint density at radius 1 is 1.00 bits per heavy atom. The first-order valence-electron chi connectivity index (χ1n) is 13.3. The van der Waals surface area contributed by atoms with Crippen LogP contribution in [-0.4, -0.2) is 52.2 Å². The number of aryl methyl sites for hydroxylation is 1. The van der Waals surface area contributed by atoms with Crippen molar-refractivity contribution < 1.29 is 24.2 Å². The fourth-order valence-electron chi connectivity index (χ4n) is 4.18. The van der Waals surface area contributed by atoms with Gasteiger partial charge in [0.05, 0.1) is 17.3 Å². The van der Waals surface area contributed by atoms with Gasteiger partial charge in [0.2, 0.25) is 5.91 Å². The summed E-state index contributed by atoms with van der Waals surface area (Å²) in [5.74, 6) is -0.691. The van der Waals surface area contributed by atoms with Crippen LogP contribution in [0.5, 0.6) is 0 Å². The zero-order valence-corrected chi connectivity index (χ0v) is 24.7. The lowest BCUT2D eigenvalue weighted by Crippen LogP contribution is -2.56. The summed E-state index contributed by atoms with van der Waals surface area (Å²) in [5.41, 5.74) is 1.01. The molecule has 0 bridgehead atoms. The summed E-state index contributed by atoms with van der Waals surface area (Å²) in [6.07, 6.45) is 0.577. The highest BCUT2D eigenvalue weighted by molar-refractivity contribution is 6.34. The molecule has 8 nitrogen and oxygen atoms in total. The predicted molar refractivity (Wildman–Crippen MR) is 155 cm³/mol. The topological polar surface area (TPSA) is 108 Å². The standard InChI is InChI=1S/C30H42ClN3O5/c1-19(2)16-17-21(4)34(28(37)24(18-35)32-29(38)39-30(5,6)7)26(22-13-9-8-10-14-22)27(36)33-25-20(3)12-11-15-23(25)31/h8-15,19,21,24,26,35H,16-18H2,1-7H3,(H,32,38)(H,33,36). The molecule has 0 aliphatic rings. The smallest absolute Gasteiger partial charge is 0.408 e. The molecule has 39 heavy (non-hydrogen) atoms. The van der Waals surface area contributed by atoms with Gasteiger partial charge in [0, 0.05) is 6.04 Å². The van der Waals surface area contributed by atoms with E-state index in [2.05, 4.69) is 24.5 Å². The maximum Gasteiger partial charge on any atom is 0.408 e. The Balaban J connectivity index is 2.56. The lowest BCUT2D eigenvalue weighted by atomic mass is 9.97. The predicted octanol–water partition coefficient (Wildman–Crippen LogP) is 5.87. The van der Waals surface area contributed by atoms with E-state index in [9.17, 15) is 19.5 Å². The highest BCUT2D eigenvalue weighted by atomic mass is 35.5. The number of hydrogen-bond donors (Lipinski definition) is 3. The fraction of sp³-hybridized carbons (Fsp3) is 0.500. The third-order valence-electron chi connectivity index (χ3n) is 6.17. The number of hydrogen-bond acceptors (Lipinski definition) is 5. The third kappa shape index (κ3) is 9.55. The summed E-state index contributed by atoms with van der Waals surface area (Å²) >= 11 is 6.41. The van der Waals surface area contributed by atoms with Gasteiger partial charge >= 0.3 is 6.09 Å². The minimum absolute atomic E-state index is 0.368. The number of aliphatic hydroxyl groups excluding tert-OH is 1. The maximum atomic E-state index is 14.1. The number of alkyl carbamates (subject to hydrolysis) is 1. The molecule has 2 aromatic carbocycles. The number of para-hydroxylation sites is 1. The van der Waals surface area contributed by atoms with E-state index in [0.29, 0.717) is 28.6 Å². The second-order valence-electron chi connectivity index (χ2n) is 11.2. The van der Waals surface area contributed by atoms with Crippen LogP contribution in [0, 0.1) is 12.8 Å². The Morgan fingerprint density at radius 2 is 1.64 bits per heavy atom. The van der Waals surface area contributed by atoms with E-state index in [4.69, 9.17) is 16.3 Å². The molecular weight excluding hydrogens is 518 g/mol. The molecular formula is C30H42ClN3O5. The molecule has 0 saturated heterocycles. The molecule has 214 valence electrons. The number of aliphatic hydroxyl groups is 1. The number of nitrogens with zero attached hydrogens (tertiary/aromatic N) is 1. The molecule has 0 aromatic heterocycles. The van der Waals surface area contributed by atoms with Gasteiger partial charge in [-0.2, -0.15) is 0 Å². The molecule has 0 fully saturated rings. The first-order chi connectivity index (χ1) is 18.2. The van der Waals surface area contributed by atoms with Crippen molar-refractivity contribution in [3.8, 4) is 0 Å². The number of nitrogens with one attached hydrogen (secondary N) is 2. The zero-order chi connectivity index (χ0) is 29.3. The van der Waals surface area contributed by atoms with E-state index in [1.165, 1.54) is 4.90 Å². The van der Waals surface area contributed by atoms with Gasteiger partial charge in [-0.05, 0) is 70.6 Å². The molecule has 3 unspecified atom stereocenters. The van der Waals surface area contributed by atoms with Crippen molar-refractivity contribution in [2.75, 3.05) is 11.9 Å². The first kappa shape index (κ1) is 32.1. The Kier molecular flexibility index (Phi) is 11.8. The highest BCUT2D eigenvalue weighted by Gasteiger charge is 2.39. The van der Waals surface area contributed by atoms with Crippen LogP contribution in [0.1, 0.15) is 71.6 Å². The largest absolute Gasteiger partial charge is 0.444 e. The van der Waals surface area contributed by atoms with Crippen LogP contribution in [-0.2, 0) is 14.3 Å². The van der Waals surface area contributed by atoms with Gasteiger partial charge in [0.1, 0.15) is 17.7 Å². The van der Waals surface area contributed by atoms with E-state index in [-0.39, 0.29) is 0 Å². The summed E-state index contributed by atoms with van der Waals surface area (Å²) in [7, 11) is 0. The quantitative estimate of drug-likeness (QED) is 0.319. The number of ether oxygens (including phenoxy) is 1. The van der Waals surface area contributed by atoms with Gasteiger partial charge < -0.3 is 25.4 Å². The normalized spacial score (nSPS) is 13.8. The molecule has 0 saturated carbocycles. The van der Waals surface area contributed by atoms with Crippen LogP contribution < -0.4 is 10.6 Å². The average molecular weight is 560 g/mol. The summed E-state index contributed by atoms with van der Waals surface area (Å²) in [4.78, 5) is 42.0. The van der Waals surface area contributed by atoms with Crippen molar-refractivity contribution in [3.63, 3.8) is 0 Å². The van der Waals surface area contributed by atoms with Gasteiger partial charge in [-0.25, -0.2) is 4.79 Å². The Hall–Kier alpha value is -3.10. The Labute approximate surface area is 237 Å². The maximum absolute atomic E-state index is 14.1. The number of carbonyl (C=O) groups is 3. The van der Waals surface area contributed by atoms with Crippen molar-refractivity contribution in [3.05, 3.63) is 64.7 Å². The minimum atomic E-state index is -1.32. The molecule has 2 rings (SSSR count). The number of anilines is 1. The molecule has 9 heteroatoms. The van der Waals surface area contributed by atoms with E-state index in [1.807, 2.05) is 26.0 Å². The lowest BCUT2D eigenvalue weighted by molar-refractivity contribution is -0.144. The van der Waals surface area contributed by atoms with Crippen molar-refractivity contribution in [1.82, 2.24) is 10.2 Å². The van der Waals surface area contributed by atoms with E-state index in [0.717, 1.165) is 12.0 Å². The van der Waals surface area contributed by atoms with Crippen LogP contribution in [0.25, 0.3) is 0 Å². The summed E-state index contributed by atoms with van der Waals surface area (Å²) < 4.78 is 5.31. The molecule has 0 aliphatic carbocycles. The van der Waals surface area contributed by atoms with Crippen molar-refractivity contribution in [1.29, 1.82) is 0 Å². The number of amides is 3. The molecule has 2 aromatic rings. The highest BCUT2D eigenvalue weighted by Crippen LogP contribution is 2.31. The number of rotatable bonds is 11. The fourth-order valence-corrected chi connectivity index (χ4v) is 4.45. The van der Waals surface area contributed by atoms with Crippen LogP contribution in [0.3, 0.4) is 0 Å². The molecule has 0 heterocycles. The lowest BCUT2D eigenvalue weighted by Gasteiger charge is -2.38. The number of carbonyl (C=O) groups excluding carboxylic acids is 3. The molecule has 0 aliphatic heterocycles. The Bertz CT molecular complexity index is 1100. The van der Waals surface area contributed by atoms with Crippen molar-refractivity contribution in [2.24, 2.45) is 5.92 Å². The van der Waals surface area contributed by atoms with E-state index >= 15 is 0 Å². The van der Waals surface area contributed by atoms with Crippen LogP contribution >= 0.6 is 11.6 Å². The van der Waals surface area contributed by atoms with Crippen LogP contribution in [0.15, 0.2) is 48.5 Å². The second kappa shape index (κ2) is 14.3. The van der Waals surface area contributed by atoms with Gasteiger partial charge in [-0.3, -0.25) is 9.59 Å². The Morgan fingerprint density at radius 3 is 2.18 bits per heavy atom. The second-order valence-corrected chi connectivity index (χ2v) is 11.6. The molecule has 0 spiro atoms. The number of benzene rings is 2. The SMILES string of the molecule is Cc1cccc(Cl)c1NC(=O)C(c1ccccc1)N(C(=O)C(CO)NC(=O)OC(C)(C)C)C(C)CCC(C)C. The van der Waals surface area contributed by atoms with Crippen LogP contribution in [0.2, 0.25) is 5.02 Å². The average Bonchev–Trinajstić information content (AvgIpc) is 2.85. The summed E-state index contributed by atoms with van der Waals surface area (Å²) in [6.45, 7) is 12.3. The van der Waals surface area contributed by atoms with Gasteiger partial charge in [-0.15, -0.1) is 0 Å². The molecule has 3 atom stereocenters. The van der Waals surface area contributed by atoms with Gasteiger partial charge in [0.15, 0.2) is 0 Å². The first-order valence-corrected chi connectivity index (χ1v) is 13.7. The summed E-state index contributed by atoms with van der Waals surface area (Å²) in [5, 5.41) is 15.9. The molecule has 0 radical (unpaired) electrons. The molecule has 3 N–H and O–H groups in total. The minimum Gasteiger partial charge on any atom is -0.444 e. The number of halogens is 1. The van der Waals surface area contributed by atoms with Crippen LogP contribution in [0.4, 0.5) is 10.5 Å². The zero-order valence-electron chi connectivity index (χ0n) is 24.0. The van der Waals surface area contributed by atoms with Crippen molar-refractivity contribution >= 4 is 35.2 Å². The van der Waals surface area contributed by atoms with Gasteiger partial charge in [0.25, 0.3) is 5.91 Å². The van der Waals surface area contributed by atoms with E-state index in [1.54, 1.807) is 57.2 Å². The van der Waals surface area contributed by atoms with Gasteiger partial charge in [-0.1, -0.05) is 67.9 Å². The monoisotopic (exact) mass is 559 g/mol. The van der Waals surface area contributed by atoms with E-state index < -0.39 is 48.2 Å². The third-order valence-corrected chi connectivity index (χ3v) is 6.49. The summed E-state index contributed by atoms with van der Waals surface area (Å²) in [6, 6.07) is 11.5. The van der Waals surface area contributed by atoms with Crippen molar-refractivity contribution in [2.45, 2.75) is 85.0 Å².